The Morgan fingerprint density at radius 1 is 1.10 bits per heavy atom. The number of nitrogens with zero attached hydrogens (tertiary/aromatic N) is 5. The molecule has 3 N–H and O–H groups in total. The van der Waals surface area contributed by atoms with Crippen LogP contribution >= 0.6 is 0 Å². The van der Waals surface area contributed by atoms with Gasteiger partial charge in [-0.25, -0.2) is 14.5 Å². The van der Waals surface area contributed by atoms with Gasteiger partial charge in [-0.3, -0.25) is 5.32 Å². The number of carbonyl (C=O) groups is 1. The minimum atomic E-state index is -0.633. The molecule has 0 bridgehead atoms. The molecule has 3 rings (SSSR count). The van der Waals surface area contributed by atoms with Crippen molar-refractivity contribution in [3.8, 4) is 0 Å². The van der Waals surface area contributed by atoms with Crippen molar-refractivity contribution in [1.29, 1.82) is 0 Å². The second-order valence-corrected chi connectivity index (χ2v) is 7.35. The number of carbonyl (C=O) groups excluding carboxylic acids is 1. The first-order valence-corrected chi connectivity index (χ1v) is 9.15. The highest BCUT2D eigenvalue weighted by Gasteiger charge is 2.22. The number of hydrogen-bond acceptors (Lipinski definition) is 8. The Kier molecular flexibility index (Phi) is 6.07. The number of aryl methyl sites for hydroxylation is 1. The zero-order chi connectivity index (χ0) is 21.7. The summed E-state index contributed by atoms with van der Waals surface area (Å²) < 4.78 is 6.78. The molecule has 0 fully saturated rings. The Bertz CT molecular complexity index is 1060. The van der Waals surface area contributed by atoms with E-state index in [4.69, 9.17) is 15.5 Å². The Balaban J connectivity index is 2.07. The first-order chi connectivity index (χ1) is 14.3. The van der Waals surface area contributed by atoms with Crippen molar-refractivity contribution in [1.82, 2.24) is 25.2 Å². The zero-order valence-corrected chi connectivity index (χ0v) is 17.2. The fraction of sp³-hybridized carbons (Fsp3) is 0.250. The smallest absolute Gasteiger partial charge is 0.413 e. The van der Waals surface area contributed by atoms with Crippen molar-refractivity contribution in [2.45, 2.75) is 26.4 Å². The Morgan fingerprint density at radius 2 is 1.83 bits per heavy atom. The van der Waals surface area contributed by atoms with E-state index in [1.165, 1.54) is 4.68 Å². The molecule has 2 heterocycles. The van der Waals surface area contributed by atoms with E-state index in [2.05, 4.69) is 25.8 Å². The third-order valence-electron chi connectivity index (χ3n) is 3.86. The number of aromatic nitrogens is 5. The molecule has 0 atom stereocenters. The van der Waals surface area contributed by atoms with E-state index in [-0.39, 0.29) is 11.6 Å². The molecule has 0 aliphatic rings. The summed E-state index contributed by atoms with van der Waals surface area (Å²) >= 11 is 0. The molecule has 10 heteroatoms. The van der Waals surface area contributed by atoms with Crippen molar-refractivity contribution in [3.63, 3.8) is 0 Å². The molecular weight excluding hydrogens is 386 g/mol. The van der Waals surface area contributed by atoms with Crippen LogP contribution in [-0.4, -0.2) is 36.9 Å². The molecule has 0 aliphatic carbocycles. The number of amides is 1. The van der Waals surface area contributed by atoms with E-state index in [0.717, 1.165) is 5.56 Å². The molecule has 0 saturated heterocycles. The first kappa shape index (κ1) is 20.9. The van der Waals surface area contributed by atoms with Crippen LogP contribution in [0.15, 0.2) is 48.5 Å². The summed E-state index contributed by atoms with van der Waals surface area (Å²) in [6.45, 7) is 5.34. The van der Waals surface area contributed by atoms with Gasteiger partial charge in [0.1, 0.15) is 17.1 Å². The topological polar surface area (TPSA) is 130 Å². The highest BCUT2D eigenvalue weighted by atomic mass is 16.6. The van der Waals surface area contributed by atoms with E-state index < -0.39 is 11.7 Å². The summed E-state index contributed by atoms with van der Waals surface area (Å²) in [5.74, 6) is 6.61. The summed E-state index contributed by atoms with van der Waals surface area (Å²) in [6.07, 6.45) is -0.618. The minimum absolute atomic E-state index is 0.243. The number of benzene rings is 1. The maximum Gasteiger partial charge on any atom is 0.413 e. The van der Waals surface area contributed by atoms with Gasteiger partial charge in [-0.15, -0.1) is 5.10 Å². The number of rotatable bonds is 5. The van der Waals surface area contributed by atoms with Crippen LogP contribution in [0.5, 0.6) is 0 Å². The van der Waals surface area contributed by atoms with Crippen molar-refractivity contribution in [2.75, 3.05) is 5.32 Å². The molecule has 0 radical (unpaired) electrons. The second kappa shape index (κ2) is 8.70. The average molecular weight is 409 g/mol. The monoisotopic (exact) mass is 409 g/mol. The molecule has 1 amide bonds. The molecular formula is C20H23N7O3. The van der Waals surface area contributed by atoms with E-state index in [9.17, 15) is 4.79 Å². The van der Waals surface area contributed by atoms with Gasteiger partial charge in [0.2, 0.25) is 0 Å². The van der Waals surface area contributed by atoms with Crippen molar-refractivity contribution in [3.05, 3.63) is 65.6 Å². The van der Waals surface area contributed by atoms with E-state index in [1.54, 1.807) is 46.0 Å². The lowest BCUT2D eigenvalue weighted by Crippen LogP contribution is -2.27. The second-order valence-electron chi connectivity index (χ2n) is 7.35. The third kappa shape index (κ3) is 4.97. The minimum Gasteiger partial charge on any atom is -0.444 e. The molecule has 3 aromatic rings. The molecule has 0 unspecified atom stereocenters. The lowest BCUT2D eigenvalue weighted by atomic mass is 10.0. The maximum absolute atomic E-state index is 12.1. The number of nitrogens with two attached hydrogens (primary N) is 1. The van der Waals surface area contributed by atoms with Crippen LogP contribution in [0.3, 0.4) is 0 Å². The molecule has 0 aliphatic heterocycles. The molecule has 30 heavy (non-hydrogen) atoms. The number of anilines is 1. The lowest BCUT2D eigenvalue weighted by Gasteiger charge is -2.19. The van der Waals surface area contributed by atoms with Gasteiger partial charge in [0.15, 0.2) is 11.6 Å². The standard InChI is InChI=1S/C20H23N7O3/c1-20(2,3)29-19(28)23-15-12-8-11-14(22-15)17(30-21)16(13-9-6-5-7-10-13)18-24-25-26-27(18)4/h5-12H,21H2,1-4H3,(H,22,23,28)/b17-16-. The first-order valence-electron chi connectivity index (χ1n) is 9.15. The summed E-state index contributed by atoms with van der Waals surface area (Å²) in [5, 5.41) is 14.3. The van der Waals surface area contributed by atoms with Gasteiger partial charge in [-0.1, -0.05) is 36.4 Å². The highest BCUT2D eigenvalue weighted by Crippen LogP contribution is 2.30. The van der Waals surface area contributed by atoms with Gasteiger partial charge < -0.3 is 9.57 Å². The Morgan fingerprint density at radius 3 is 2.43 bits per heavy atom. The van der Waals surface area contributed by atoms with Crippen molar-refractivity contribution >= 4 is 23.2 Å². The van der Waals surface area contributed by atoms with E-state index in [1.807, 2.05) is 30.3 Å². The van der Waals surface area contributed by atoms with Crippen LogP contribution in [0.4, 0.5) is 10.6 Å². The third-order valence-corrected chi connectivity index (χ3v) is 3.86. The molecule has 2 aromatic heterocycles. The van der Waals surface area contributed by atoms with Crippen molar-refractivity contribution < 1.29 is 14.4 Å². The normalized spacial score (nSPS) is 12.2. The quantitative estimate of drug-likeness (QED) is 0.486. The predicted octanol–water partition coefficient (Wildman–Crippen LogP) is 2.76. The van der Waals surface area contributed by atoms with Crippen LogP contribution < -0.4 is 11.2 Å². The molecule has 0 saturated carbocycles. The summed E-state index contributed by atoms with van der Waals surface area (Å²) in [4.78, 5) is 21.8. The van der Waals surface area contributed by atoms with Crippen LogP contribution in [0, 0.1) is 0 Å². The molecule has 10 nitrogen and oxygen atoms in total. The van der Waals surface area contributed by atoms with Gasteiger partial charge in [-0.05, 0) is 48.9 Å². The molecule has 1 aromatic carbocycles. The number of hydrogen-bond donors (Lipinski definition) is 2. The fourth-order valence-corrected chi connectivity index (χ4v) is 2.69. The van der Waals surface area contributed by atoms with Gasteiger partial charge in [0.05, 0.1) is 5.57 Å². The largest absolute Gasteiger partial charge is 0.444 e. The van der Waals surface area contributed by atoms with Gasteiger partial charge in [0, 0.05) is 7.05 Å². The Hall–Kier alpha value is -3.79. The average Bonchev–Trinajstić information content (AvgIpc) is 3.10. The lowest BCUT2D eigenvalue weighted by molar-refractivity contribution is 0.0635. The van der Waals surface area contributed by atoms with Crippen molar-refractivity contribution in [2.24, 2.45) is 12.9 Å². The zero-order valence-electron chi connectivity index (χ0n) is 17.2. The highest BCUT2D eigenvalue weighted by molar-refractivity contribution is 5.93. The maximum atomic E-state index is 12.1. The summed E-state index contributed by atoms with van der Waals surface area (Å²) in [5.41, 5.74) is 1.08. The van der Waals surface area contributed by atoms with Gasteiger partial charge in [0.25, 0.3) is 0 Å². The molecule has 156 valence electrons. The van der Waals surface area contributed by atoms with Gasteiger partial charge >= 0.3 is 6.09 Å². The van der Waals surface area contributed by atoms with Crippen LogP contribution in [-0.2, 0) is 16.6 Å². The number of tetrazole rings is 1. The van der Waals surface area contributed by atoms with Crippen LogP contribution in [0.1, 0.15) is 37.9 Å². The van der Waals surface area contributed by atoms with Crippen LogP contribution in [0.25, 0.3) is 11.3 Å². The summed E-state index contributed by atoms with van der Waals surface area (Å²) in [7, 11) is 1.71. The van der Waals surface area contributed by atoms with Gasteiger partial charge in [-0.2, -0.15) is 5.90 Å². The van der Waals surface area contributed by atoms with E-state index in [0.29, 0.717) is 17.1 Å². The summed E-state index contributed by atoms with van der Waals surface area (Å²) in [6, 6.07) is 14.5. The molecule has 0 spiro atoms. The predicted molar refractivity (Wildman–Crippen MR) is 111 cm³/mol. The SMILES string of the molecule is Cn1nnnc1/C(=C(\ON)c1cccc(NC(=O)OC(C)(C)C)n1)c1ccccc1. The fourth-order valence-electron chi connectivity index (χ4n) is 2.69. The number of pyridine rings is 1. The van der Waals surface area contributed by atoms with E-state index >= 15 is 0 Å². The Labute approximate surface area is 173 Å². The number of ether oxygens (including phenoxy) is 1. The number of nitrogens with one attached hydrogen (secondary N) is 1. The van der Waals surface area contributed by atoms with Crippen LogP contribution in [0.2, 0.25) is 0 Å².